The summed E-state index contributed by atoms with van der Waals surface area (Å²) in [6, 6.07) is 9.97. The molecule has 14 heavy (non-hydrogen) atoms. The minimum atomic E-state index is 0.260. The molecule has 1 aliphatic rings. The van der Waals surface area contributed by atoms with E-state index in [9.17, 15) is 0 Å². The van der Waals surface area contributed by atoms with Crippen LogP contribution in [0.15, 0.2) is 24.3 Å². The summed E-state index contributed by atoms with van der Waals surface area (Å²) in [5.41, 5.74) is 4.85. The van der Waals surface area contributed by atoms with Gasteiger partial charge in [-0.1, -0.05) is 12.1 Å². The Hall–Kier alpha value is -1.37. The molecule has 0 aromatic heterocycles. The van der Waals surface area contributed by atoms with E-state index in [1.165, 1.54) is 5.56 Å². The molecule has 0 bridgehead atoms. The van der Waals surface area contributed by atoms with E-state index in [4.69, 9.17) is 10.1 Å². The number of hydrogen-bond donors (Lipinski definition) is 1. The highest BCUT2D eigenvalue weighted by atomic mass is 16.7. The second-order valence-corrected chi connectivity index (χ2v) is 3.57. The molecule has 72 valence electrons. The molecule has 2 rings (SSSR count). The van der Waals surface area contributed by atoms with E-state index < -0.39 is 0 Å². The fourth-order valence-electron chi connectivity index (χ4n) is 1.62. The van der Waals surface area contributed by atoms with Crippen molar-refractivity contribution in [1.82, 2.24) is 5.48 Å². The van der Waals surface area contributed by atoms with Crippen LogP contribution in [0.2, 0.25) is 0 Å². The van der Waals surface area contributed by atoms with Crippen LogP contribution >= 0.6 is 0 Å². The van der Waals surface area contributed by atoms with Gasteiger partial charge in [0, 0.05) is 0 Å². The molecule has 1 fully saturated rings. The number of nitrogens with zero attached hydrogens (tertiary/aromatic N) is 1. The number of nitriles is 1. The Kier molecular flexibility index (Phi) is 2.49. The van der Waals surface area contributed by atoms with Crippen LogP contribution in [0.5, 0.6) is 0 Å². The van der Waals surface area contributed by atoms with E-state index in [0.29, 0.717) is 5.56 Å². The smallest absolute Gasteiger partial charge is 0.0991 e. The predicted octanol–water partition coefficient (Wildman–Crippen LogP) is 1.91. The molecule has 1 aromatic carbocycles. The maximum absolute atomic E-state index is 8.65. The van der Waals surface area contributed by atoms with E-state index in [2.05, 4.69) is 11.5 Å². The van der Waals surface area contributed by atoms with Crippen molar-refractivity contribution in [2.24, 2.45) is 0 Å². The summed E-state index contributed by atoms with van der Waals surface area (Å²) < 4.78 is 0. The fraction of sp³-hybridized carbons (Fsp3) is 0.364. The molecule has 0 radical (unpaired) electrons. The molecule has 0 aliphatic carbocycles. The van der Waals surface area contributed by atoms with Gasteiger partial charge in [-0.25, -0.2) is 0 Å². The normalized spacial score (nSPS) is 26.0. The van der Waals surface area contributed by atoms with Gasteiger partial charge in [0.05, 0.1) is 23.8 Å². The molecule has 1 unspecified atom stereocenters. The Bertz CT molecular complexity index is 353. The molecule has 0 amide bonds. The molecule has 1 saturated heterocycles. The van der Waals surface area contributed by atoms with E-state index in [1.54, 1.807) is 0 Å². The van der Waals surface area contributed by atoms with Crippen molar-refractivity contribution in [3.63, 3.8) is 0 Å². The summed E-state index contributed by atoms with van der Waals surface area (Å²) in [4.78, 5) is 5.26. The van der Waals surface area contributed by atoms with Crippen LogP contribution in [-0.2, 0) is 4.84 Å². The Balaban J connectivity index is 2.14. The summed E-state index contributed by atoms with van der Waals surface area (Å²) in [6.45, 7) is 2.04. The van der Waals surface area contributed by atoms with Crippen LogP contribution < -0.4 is 5.48 Å². The van der Waals surface area contributed by atoms with Crippen molar-refractivity contribution in [2.75, 3.05) is 0 Å². The molecular formula is C11H12N2O. The monoisotopic (exact) mass is 188 g/mol. The topological polar surface area (TPSA) is 45.0 Å². The molecule has 1 heterocycles. The quantitative estimate of drug-likeness (QED) is 0.732. The number of hydrogen-bond acceptors (Lipinski definition) is 3. The number of benzene rings is 1. The van der Waals surface area contributed by atoms with E-state index >= 15 is 0 Å². The van der Waals surface area contributed by atoms with Gasteiger partial charge in [-0.15, -0.1) is 0 Å². The summed E-state index contributed by atoms with van der Waals surface area (Å²) in [5.74, 6) is 0. The van der Waals surface area contributed by atoms with Crippen molar-refractivity contribution >= 4 is 0 Å². The second kappa shape index (κ2) is 3.79. The first-order valence-electron chi connectivity index (χ1n) is 4.71. The standard InChI is InChI=1S/C11H12N2O/c1-8-6-11(13-14-8)10-4-2-9(7-12)3-5-10/h2-5,8,11,13H,6H2,1H3/t8?,11-/m0/s1. The summed E-state index contributed by atoms with van der Waals surface area (Å²) in [7, 11) is 0. The maximum atomic E-state index is 8.65. The Morgan fingerprint density at radius 3 is 2.64 bits per heavy atom. The predicted molar refractivity (Wildman–Crippen MR) is 52.2 cm³/mol. The largest absolute Gasteiger partial charge is 0.298 e. The van der Waals surface area contributed by atoms with Gasteiger partial charge < -0.3 is 0 Å². The third kappa shape index (κ3) is 1.77. The molecule has 1 N–H and O–H groups in total. The molecule has 0 spiro atoms. The summed E-state index contributed by atoms with van der Waals surface area (Å²) in [5, 5.41) is 8.65. The minimum absolute atomic E-state index is 0.260. The Morgan fingerprint density at radius 1 is 1.43 bits per heavy atom. The highest BCUT2D eigenvalue weighted by Gasteiger charge is 2.22. The van der Waals surface area contributed by atoms with Crippen LogP contribution in [0, 0.1) is 11.3 Å². The molecule has 0 saturated carbocycles. The number of nitrogens with one attached hydrogen (secondary N) is 1. The van der Waals surface area contributed by atoms with Gasteiger partial charge in [0.2, 0.25) is 0 Å². The fourth-order valence-corrected chi connectivity index (χ4v) is 1.62. The van der Waals surface area contributed by atoms with Crippen molar-refractivity contribution in [3.8, 4) is 6.07 Å². The number of hydroxylamine groups is 1. The van der Waals surface area contributed by atoms with Gasteiger partial charge >= 0.3 is 0 Å². The zero-order valence-corrected chi connectivity index (χ0v) is 8.03. The maximum Gasteiger partial charge on any atom is 0.0991 e. The van der Waals surface area contributed by atoms with Crippen molar-refractivity contribution in [3.05, 3.63) is 35.4 Å². The van der Waals surface area contributed by atoms with Crippen LogP contribution in [0.25, 0.3) is 0 Å². The lowest BCUT2D eigenvalue weighted by molar-refractivity contribution is 0.0364. The van der Waals surface area contributed by atoms with Gasteiger partial charge in [0.1, 0.15) is 0 Å². The van der Waals surface area contributed by atoms with E-state index in [0.717, 1.165) is 6.42 Å². The van der Waals surface area contributed by atoms with Gasteiger partial charge in [-0.3, -0.25) is 4.84 Å². The van der Waals surface area contributed by atoms with Crippen molar-refractivity contribution < 1.29 is 4.84 Å². The van der Waals surface area contributed by atoms with Crippen LogP contribution in [0.1, 0.15) is 30.5 Å². The highest BCUT2D eigenvalue weighted by molar-refractivity contribution is 5.32. The first kappa shape index (κ1) is 9.20. The van der Waals surface area contributed by atoms with Gasteiger partial charge in [0.15, 0.2) is 0 Å². The lowest BCUT2D eigenvalue weighted by atomic mass is 10.0. The SMILES string of the molecule is CC1C[C@@H](c2ccc(C#N)cc2)NO1. The average Bonchev–Trinajstić information content (AvgIpc) is 2.65. The average molecular weight is 188 g/mol. The first-order valence-corrected chi connectivity index (χ1v) is 4.71. The third-order valence-electron chi connectivity index (χ3n) is 2.42. The highest BCUT2D eigenvalue weighted by Crippen LogP contribution is 2.24. The molecule has 1 aromatic rings. The number of rotatable bonds is 1. The third-order valence-corrected chi connectivity index (χ3v) is 2.42. The van der Waals surface area contributed by atoms with Crippen molar-refractivity contribution in [1.29, 1.82) is 5.26 Å². The van der Waals surface area contributed by atoms with Crippen LogP contribution in [-0.4, -0.2) is 6.10 Å². The summed E-state index contributed by atoms with van der Waals surface area (Å²) >= 11 is 0. The minimum Gasteiger partial charge on any atom is -0.298 e. The van der Waals surface area contributed by atoms with Crippen LogP contribution in [0.4, 0.5) is 0 Å². The van der Waals surface area contributed by atoms with Gasteiger partial charge in [-0.2, -0.15) is 10.7 Å². The van der Waals surface area contributed by atoms with Crippen LogP contribution in [0.3, 0.4) is 0 Å². The lowest BCUT2D eigenvalue weighted by Gasteiger charge is -2.07. The molecular weight excluding hydrogens is 176 g/mol. The molecule has 2 atom stereocenters. The van der Waals surface area contributed by atoms with E-state index in [-0.39, 0.29) is 12.1 Å². The Morgan fingerprint density at radius 2 is 2.14 bits per heavy atom. The lowest BCUT2D eigenvalue weighted by Crippen LogP contribution is -2.11. The molecule has 3 heteroatoms. The second-order valence-electron chi connectivity index (χ2n) is 3.57. The first-order chi connectivity index (χ1) is 6.79. The zero-order chi connectivity index (χ0) is 9.97. The van der Waals surface area contributed by atoms with Gasteiger partial charge in [-0.05, 0) is 31.0 Å². The van der Waals surface area contributed by atoms with Gasteiger partial charge in [0.25, 0.3) is 0 Å². The van der Waals surface area contributed by atoms with E-state index in [1.807, 2.05) is 31.2 Å². The van der Waals surface area contributed by atoms with Crippen molar-refractivity contribution in [2.45, 2.75) is 25.5 Å². The zero-order valence-electron chi connectivity index (χ0n) is 8.03. The molecule has 3 nitrogen and oxygen atoms in total. The Labute approximate surface area is 83.3 Å². The molecule has 1 aliphatic heterocycles. The summed E-state index contributed by atoms with van der Waals surface area (Å²) in [6.07, 6.45) is 1.24.